The van der Waals surface area contributed by atoms with Crippen molar-refractivity contribution in [2.45, 2.75) is 24.8 Å². The Kier molecular flexibility index (Phi) is 4.85. The molecule has 130 valence electrons. The average molecular weight is 378 g/mol. The smallest absolute Gasteiger partial charge is 0.207 e. The van der Waals surface area contributed by atoms with E-state index in [1.165, 1.54) is 18.2 Å². The molecule has 7 nitrogen and oxygen atoms in total. The molecule has 0 saturated carbocycles. The fourth-order valence-electron chi connectivity index (χ4n) is 2.56. The minimum Gasteiger partial charge on any atom is -0.207 e. The van der Waals surface area contributed by atoms with Crippen molar-refractivity contribution in [2.24, 2.45) is 0 Å². The summed E-state index contributed by atoms with van der Waals surface area (Å²) in [6, 6.07) is 11.6. The van der Waals surface area contributed by atoms with E-state index in [0.717, 1.165) is 11.1 Å². The van der Waals surface area contributed by atoms with Gasteiger partial charge in [0.15, 0.2) is 0 Å². The second-order valence-electron chi connectivity index (χ2n) is 5.58. The minimum absolute atomic E-state index is 0.0807. The molecular weight excluding hydrogens is 362 g/mol. The number of sulfonamides is 1. The van der Waals surface area contributed by atoms with Crippen molar-refractivity contribution in [3.05, 3.63) is 58.6 Å². The van der Waals surface area contributed by atoms with Crippen LogP contribution in [0.25, 0.3) is 11.4 Å². The molecule has 3 rings (SSSR count). The summed E-state index contributed by atoms with van der Waals surface area (Å²) in [5.41, 5.74) is 2.32. The SMILES string of the molecule is Cc1ccccc1C(C)NS(=O)(=O)c1ccc(Cl)c(-c2nn[nH]n2)c1. The number of benzene rings is 2. The van der Waals surface area contributed by atoms with E-state index in [9.17, 15) is 8.42 Å². The van der Waals surface area contributed by atoms with Gasteiger partial charge in [0.05, 0.1) is 9.92 Å². The van der Waals surface area contributed by atoms with Crippen molar-refractivity contribution < 1.29 is 8.42 Å². The maximum Gasteiger partial charge on any atom is 0.241 e. The molecule has 0 radical (unpaired) electrons. The van der Waals surface area contributed by atoms with Gasteiger partial charge < -0.3 is 0 Å². The molecule has 25 heavy (non-hydrogen) atoms. The van der Waals surface area contributed by atoms with Crippen LogP contribution in [0.1, 0.15) is 24.1 Å². The Bertz CT molecular complexity index is 990. The highest BCUT2D eigenvalue weighted by molar-refractivity contribution is 7.89. The van der Waals surface area contributed by atoms with Crippen LogP contribution < -0.4 is 4.72 Å². The van der Waals surface area contributed by atoms with E-state index < -0.39 is 10.0 Å². The first-order valence-electron chi connectivity index (χ1n) is 7.50. The number of nitrogens with one attached hydrogen (secondary N) is 2. The van der Waals surface area contributed by atoms with Crippen LogP contribution in [-0.4, -0.2) is 29.0 Å². The van der Waals surface area contributed by atoms with E-state index in [4.69, 9.17) is 11.6 Å². The lowest BCUT2D eigenvalue weighted by Crippen LogP contribution is -2.27. The molecule has 2 N–H and O–H groups in total. The van der Waals surface area contributed by atoms with Crippen molar-refractivity contribution in [3.8, 4) is 11.4 Å². The number of rotatable bonds is 5. The molecular formula is C16H16ClN5O2S. The van der Waals surface area contributed by atoms with Gasteiger partial charge in [0, 0.05) is 11.6 Å². The summed E-state index contributed by atoms with van der Waals surface area (Å²) in [5, 5.41) is 13.8. The molecule has 0 aliphatic heterocycles. The number of H-pyrrole nitrogens is 1. The summed E-state index contributed by atoms with van der Waals surface area (Å²) in [4.78, 5) is 0.0807. The van der Waals surface area contributed by atoms with Gasteiger partial charge in [-0.05, 0) is 48.4 Å². The summed E-state index contributed by atoms with van der Waals surface area (Å²) in [7, 11) is -3.75. The zero-order chi connectivity index (χ0) is 18.0. The zero-order valence-electron chi connectivity index (χ0n) is 13.6. The quantitative estimate of drug-likeness (QED) is 0.712. The molecule has 3 aromatic rings. The van der Waals surface area contributed by atoms with Crippen molar-refractivity contribution in [1.29, 1.82) is 0 Å². The number of tetrazole rings is 1. The Morgan fingerprint density at radius 2 is 1.96 bits per heavy atom. The second-order valence-corrected chi connectivity index (χ2v) is 7.70. The molecule has 1 aromatic heterocycles. The first kappa shape index (κ1) is 17.5. The van der Waals surface area contributed by atoms with E-state index in [0.29, 0.717) is 10.6 Å². The number of halogens is 1. The minimum atomic E-state index is -3.75. The Balaban J connectivity index is 1.93. The van der Waals surface area contributed by atoms with E-state index in [1.54, 1.807) is 6.92 Å². The molecule has 0 amide bonds. The highest BCUT2D eigenvalue weighted by Gasteiger charge is 2.21. The Labute approximate surface area is 150 Å². The Morgan fingerprint density at radius 1 is 1.20 bits per heavy atom. The van der Waals surface area contributed by atoms with Gasteiger partial charge in [-0.3, -0.25) is 0 Å². The van der Waals surface area contributed by atoms with Crippen molar-refractivity contribution in [3.63, 3.8) is 0 Å². The standard InChI is InChI=1S/C16H16ClN5O2S/c1-10-5-3-4-6-13(10)11(2)20-25(23,24)12-7-8-15(17)14(9-12)16-18-21-22-19-16/h3-9,11,20H,1-2H3,(H,18,19,21,22). The highest BCUT2D eigenvalue weighted by Crippen LogP contribution is 2.28. The molecule has 2 aromatic carbocycles. The van der Waals surface area contributed by atoms with Crippen molar-refractivity contribution >= 4 is 21.6 Å². The number of aromatic nitrogens is 4. The number of aromatic amines is 1. The lowest BCUT2D eigenvalue weighted by Gasteiger charge is -2.17. The first-order valence-corrected chi connectivity index (χ1v) is 9.36. The van der Waals surface area contributed by atoms with Crippen LogP contribution >= 0.6 is 11.6 Å². The second kappa shape index (κ2) is 6.91. The summed E-state index contributed by atoms with van der Waals surface area (Å²) in [5.74, 6) is 0.231. The molecule has 0 saturated heterocycles. The van der Waals surface area contributed by atoms with Gasteiger partial charge in [-0.25, -0.2) is 13.1 Å². The lowest BCUT2D eigenvalue weighted by molar-refractivity contribution is 0.566. The van der Waals surface area contributed by atoms with Crippen LogP contribution in [0.4, 0.5) is 0 Å². The molecule has 0 aliphatic carbocycles. The molecule has 1 heterocycles. The van der Waals surface area contributed by atoms with Crippen molar-refractivity contribution in [1.82, 2.24) is 25.3 Å². The van der Waals surface area contributed by atoms with E-state index in [-0.39, 0.29) is 16.8 Å². The molecule has 1 atom stereocenters. The predicted molar refractivity (Wildman–Crippen MR) is 94.5 cm³/mol. The Hall–Kier alpha value is -2.29. The van der Waals surface area contributed by atoms with Gasteiger partial charge in [0.2, 0.25) is 15.8 Å². The maximum absolute atomic E-state index is 12.7. The van der Waals surface area contributed by atoms with E-state index >= 15 is 0 Å². The van der Waals surface area contributed by atoms with Gasteiger partial charge in [0.1, 0.15) is 0 Å². The molecule has 1 unspecified atom stereocenters. The molecule has 9 heteroatoms. The number of nitrogens with zero attached hydrogens (tertiary/aromatic N) is 3. The van der Waals surface area contributed by atoms with Gasteiger partial charge >= 0.3 is 0 Å². The molecule has 0 spiro atoms. The van der Waals surface area contributed by atoms with Crippen LogP contribution in [0, 0.1) is 6.92 Å². The highest BCUT2D eigenvalue weighted by atomic mass is 35.5. The third-order valence-electron chi connectivity index (χ3n) is 3.82. The number of hydrogen-bond donors (Lipinski definition) is 2. The average Bonchev–Trinajstić information content (AvgIpc) is 3.09. The number of hydrogen-bond acceptors (Lipinski definition) is 5. The van der Waals surface area contributed by atoms with Crippen LogP contribution in [-0.2, 0) is 10.0 Å². The van der Waals surface area contributed by atoms with E-state index in [2.05, 4.69) is 25.3 Å². The largest absolute Gasteiger partial charge is 0.241 e. The molecule has 0 fully saturated rings. The zero-order valence-corrected chi connectivity index (χ0v) is 15.1. The fourth-order valence-corrected chi connectivity index (χ4v) is 4.01. The normalized spacial score (nSPS) is 12.9. The maximum atomic E-state index is 12.7. The predicted octanol–water partition coefficient (Wildman–Crippen LogP) is 2.87. The van der Waals surface area contributed by atoms with E-state index in [1.807, 2.05) is 31.2 Å². The summed E-state index contributed by atoms with van der Waals surface area (Å²) in [6.45, 7) is 3.74. The van der Waals surface area contributed by atoms with Gasteiger partial charge in [-0.15, -0.1) is 10.2 Å². The van der Waals surface area contributed by atoms with Crippen LogP contribution in [0.3, 0.4) is 0 Å². The molecule has 0 bridgehead atoms. The van der Waals surface area contributed by atoms with Crippen LogP contribution in [0.2, 0.25) is 5.02 Å². The third kappa shape index (κ3) is 3.71. The van der Waals surface area contributed by atoms with Gasteiger partial charge in [0.25, 0.3) is 0 Å². The van der Waals surface area contributed by atoms with Crippen LogP contribution in [0.5, 0.6) is 0 Å². The van der Waals surface area contributed by atoms with Crippen LogP contribution in [0.15, 0.2) is 47.4 Å². The third-order valence-corrected chi connectivity index (χ3v) is 5.69. The summed E-state index contributed by atoms with van der Waals surface area (Å²) in [6.07, 6.45) is 0. The summed E-state index contributed by atoms with van der Waals surface area (Å²) >= 11 is 6.12. The number of aryl methyl sites for hydroxylation is 1. The Morgan fingerprint density at radius 3 is 2.64 bits per heavy atom. The fraction of sp³-hybridized carbons (Fsp3) is 0.188. The lowest BCUT2D eigenvalue weighted by atomic mass is 10.0. The van der Waals surface area contributed by atoms with Gasteiger partial charge in [-0.1, -0.05) is 35.9 Å². The summed E-state index contributed by atoms with van der Waals surface area (Å²) < 4.78 is 28.2. The monoisotopic (exact) mass is 377 g/mol. The van der Waals surface area contributed by atoms with Gasteiger partial charge in [-0.2, -0.15) is 5.21 Å². The topological polar surface area (TPSA) is 101 Å². The first-order chi connectivity index (χ1) is 11.9. The molecule has 0 aliphatic rings. The van der Waals surface area contributed by atoms with Crippen molar-refractivity contribution in [2.75, 3.05) is 0 Å².